The molecule has 1 amide bonds. The number of nitrogens with one attached hydrogen (secondary N) is 1. The van der Waals surface area contributed by atoms with E-state index in [0.29, 0.717) is 30.3 Å². The number of hydrogen-bond acceptors (Lipinski definition) is 5. The lowest BCUT2D eigenvalue weighted by Gasteiger charge is -2.19. The summed E-state index contributed by atoms with van der Waals surface area (Å²) in [5, 5.41) is 2.83. The van der Waals surface area contributed by atoms with Gasteiger partial charge in [0.05, 0.1) is 18.1 Å². The predicted molar refractivity (Wildman–Crippen MR) is 120 cm³/mol. The minimum atomic E-state index is -3.64. The van der Waals surface area contributed by atoms with E-state index in [1.165, 1.54) is 16.4 Å². The fourth-order valence-electron chi connectivity index (χ4n) is 3.75. The van der Waals surface area contributed by atoms with Gasteiger partial charge in [0.15, 0.2) is 11.5 Å². The molecule has 0 aromatic heterocycles. The van der Waals surface area contributed by atoms with Crippen LogP contribution >= 0.6 is 0 Å². The van der Waals surface area contributed by atoms with Crippen molar-refractivity contribution in [2.75, 3.05) is 25.5 Å². The summed E-state index contributed by atoms with van der Waals surface area (Å²) in [6.45, 7) is 4.30. The third-order valence-electron chi connectivity index (χ3n) is 5.46. The van der Waals surface area contributed by atoms with Crippen LogP contribution in [-0.2, 0) is 10.0 Å². The maximum absolute atomic E-state index is 12.8. The molecular weight excluding hydrogens is 416 g/mol. The first-order chi connectivity index (χ1) is 14.9. The first kappa shape index (κ1) is 23.1. The summed E-state index contributed by atoms with van der Waals surface area (Å²) in [6.07, 6.45) is 4.47. The molecule has 0 heterocycles. The Hall–Kier alpha value is -2.58. The molecule has 7 nitrogen and oxygen atoms in total. The van der Waals surface area contributed by atoms with E-state index >= 15 is 0 Å². The van der Waals surface area contributed by atoms with E-state index in [1.54, 1.807) is 51.3 Å². The maximum Gasteiger partial charge on any atom is 0.255 e. The fourth-order valence-corrected chi connectivity index (χ4v) is 5.25. The molecule has 1 aliphatic rings. The molecule has 0 radical (unpaired) electrons. The van der Waals surface area contributed by atoms with Crippen molar-refractivity contribution in [2.24, 2.45) is 0 Å². The summed E-state index contributed by atoms with van der Waals surface area (Å²) < 4.78 is 38.4. The van der Waals surface area contributed by atoms with Crippen molar-refractivity contribution < 1.29 is 22.7 Å². The van der Waals surface area contributed by atoms with Gasteiger partial charge in [0.1, 0.15) is 0 Å². The number of rotatable bonds is 9. The zero-order valence-electron chi connectivity index (χ0n) is 18.3. The average molecular weight is 447 g/mol. The molecule has 0 aliphatic heterocycles. The van der Waals surface area contributed by atoms with Gasteiger partial charge in [-0.1, -0.05) is 19.9 Å². The number of methoxy groups -OCH3 is 1. The second kappa shape index (κ2) is 10.2. The van der Waals surface area contributed by atoms with Crippen molar-refractivity contribution in [3.05, 3.63) is 48.0 Å². The van der Waals surface area contributed by atoms with Crippen LogP contribution in [0.1, 0.15) is 49.9 Å². The lowest BCUT2D eigenvalue weighted by Crippen LogP contribution is -2.30. The number of anilines is 1. The molecule has 168 valence electrons. The van der Waals surface area contributed by atoms with Crippen LogP contribution in [0.3, 0.4) is 0 Å². The minimum Gasteiger partial charge on any atom is -0.493 e. The number of sulfonamides is 1. The summed E-state index contributed by atoms with van der Waals surface area (Å²) in [6, 6.07) is 11.3. The molecule has 0 spiro atoms. The van der Waals surface area contributed by atoms with Gasteiger partial charge in [-0.2, -0.15) is 4.31 Å². The third kappa shape index (κ3) is 5.37. The monoisotopic (exact) mass is 446 g/mol. The van der Waals surface area contributed by atoms with Crippen LogP contribution in [0, 0.1) is 0 Å². The number of carbonyl (C=O) groups excluding carboxylic acids is 1. The molecular formula is C23H30N2O5S. The highest BCUT2D eigenvalue weighted by molar-refractivity contribution is 7.89. The number of carbonyl (C=O) groups is 1. The van der Waals surface area contributed by atoms with Crippen LogP contribution in [0.5, 0.6) is 11.5 Å². The lowest BCUT2D eigenvalue weighted by molar-refractivity contribution is 0.102. The molecule has 0 unspecified atom stereocenters. The lowest BCUT2D eigenvalue weighted by atomic mass is 10.2. The second-order valence-electron chi connectivity index (χ2n) is 7.46. The van der Waals surface area contributed by atoms with Crippen molar-refractivity contribution in [1.82, 2.24) is 4.31 Å². The van der Waals surface area contributed by atoms with Gasteiger partial charge >= 0.3 is 0 Å². The molecule has 2 aromatic rings. The highest BCUT2D eigenvalue weighted by Crippen LogP contribution is 2.34. The zero-order valence-corrected chi connectivity index (χ0v) is 19.1. The molecule has 1 aliphatic carbocycles. The Morgan fingerprint density at radius 2 is 1.77 bits per heavy atom. The van der Waals surface area contributed by atoms with Crippen LogP contribution in [0.15, 0.2) is 47.4 Å². The van der Waals surface area contributed by atoms with E-state index in [9.17, 15) is 13.2 Å². The molecule has 31 heavy (non-hydrogen) atoms. The first-order valence-electron chi connectivity index (χ1n) is 10.6. The van der Waals surface area contributed by atoms with Crippen LogP contribution in [0.25, 0.3) is 0 Å². The van der Waals surface area contributed by atoms with E-state index in [2.05, 4.69) is 5.32 Å². The van der Waals surface area contributed by atoms with Crippen molar-refractivity contribution in [2.45, 2.75) is 50.5 Å². The second-order valence-corrected chi connectivity index (χ2v) is 9.40. The maximum atomic E-state index is 12.8. The quantitative estimate of drug-likeness (QED) is 0.621. The zero-order chi connectivity index (χ0) is 22.4. The fraction of sp³-hybridized carbons (Fsp3) is 0.435. The smallest absolute Gasteiger partial charge is 0.255 e. The van der Waals surface area contributed by atoms with E-state index < -0.39 is 15.9 Å². The predicted octanol–water partition coefficient (Wildman–Crippen LogP) is 4.30. The SMILES string of the molecule is CCN(CC)S(=O)(=O)c1cccc(C(=O)Nc2ccc(OC)c(OC3CCCC3)c2)c1. The largest absolute Gasteiger partial charge is 0.493 e. The Morgan fingerprint density at radius 3 is 2.42 bits per heavy atom. The van der Waals surface area contributed by atoms with Gasteiger partial charge in [-0.15, -0.1) is 0 Å². The van der Waals surface area contributed by atoms with E-state index in [1.807, 2.05) is 0 Å². The number of ether oxygens (including phenoxy) is 2. The van der Waals surface area contributed by atoms with Crippen molar-refractivity contribution in [3.8, 4) is 11.5 Å². The van der Waals surface area contributed by atoms with Crippen LogP contribution in [0.2, 0.25) is 0 Å². The number of amides is 1. The van der Waals surface area contributed by atoms with Crippen molar-refractivity contribution in [3.63, 3.8) is 0 Å². The molecule has 1 fully saturated rings. The van der Waals surface area contributed by atoms with E-state index in [4.69, 9.17) is 9.47 Å². The Labute approximate surface area is 184 Å². The van der Waals surface area contributed by atoms with Crippen LogP contribution in [-0.4, -0.2) is 44.9 Å². The van der Waals surface area contributed by atoms with Gasteiger partial charge in [0.25, 0.3) is 5.91 Å². The van der Waals surface area contributed by atoms with Crippen LogP contribution < -0.4 is 14.8 Å². The van der Waals surface area contributed by atoms with Crippen LogP contribution in [0.4, 0.5) is 5.69 Å². The number of nitrogens with zero attached hydrogens (tertiary/aromatic N) is 1. The third-order valence-corrected chi connectivity index (χ3v) is 7.50. The normalized spacial score (nSPS) is 14.6. The summed E-state index contributed by atoms with van der Waals surface area (Å²) in [5.74, 6) is 0.802. The Balaban J connectivity index is 1.80. The molecule has 2 aromatic carbocycles. The highest BCUT2D eigenvalue weighted by atomic mass is 32.2. The van der Waals surface area contributed by atoms with Crippen molar-refractivity contribution >= 4 is 21.6 Å². The topological polar surface area (TPSA) is 84.9 Å². The molecule has 3 rings (SSSR count). The number of benzene rings is 2. The molecule has 1 N–H and O–H groups in total. The van der Waals surface area contributed by atoms with Gasteiger partial charge in [0, 0.05) is 30.4 Å². The molecule has 0 bridgehead atoms. The average Bonchev–Trinajstić information content (AvgIpc) is 3.28. The van der Waals surface area contributed by atoms with Crippen molar-refractivity contribution in [1.29, 1.82) is 0 Å². The highest BCUT2D eigenvalue weighted by Gasteiger charge is 2.23. The summed E-state index contributed by atoms with van der Waals surface area (Å²) in [4.78, 5) is 12.9. The summed E-state index contributed by atoms with van der Waals surface area (Å²) >= 11 is 0. The standard InChI is InChI=1S/C23H30N2O5S/c1-4-25(5-2)31(27,28)20-12-8-9-17(15-20)23(26)24-18-13-14-21(29-3)22(16-18)30-19-10-6-7-11-19/h8-9,12-16,19H,4-7,10-11H2,1-3H3,(H,24,26). The Kier molecular flexibility index (Phi) is 7.56. The van der Waals surface area contributed by atoms with E-state index in [-0.39, 0.29) is 16.6 Å². The molecule has 0 atom stereocenters. The van der Waals surface area contributed by atoms with Gasteiger partial charge in [0.2, 0.25) is 10.0 Å². The van der Waals surface area contributed by atoms with Gasteiger partial charge in [-0.25, -0.2) is 8.42 Å². The summed E-state index contributed by atoms with van der Waals surface area (Å²) in [5.41, 5.74) is 0.818. The number of hydrogen-bond donors (Lipinski definition) is 1. The van der Waals surface area contributed by atoms with Gasteiger partial charge < -0.3 is 14.8 Å². The first-order valence-corrected chi connectivity index (χ1v) is 12.1. The van der Waals surface area contributed by atoms with Gasteiger partial charge in [-0.05, 0) is 56.0 Å². The van der Waals surface area contributed by atoms with E-state index in [0.717, 1.165) is 25.7 Å². The Bertz CT molecular complexity index is 1010. The molecule has 8 heteroatoms. The molecule has 1 saturated carbocycles. The summed E-state index contributed by atoms with van der Waals surface area (Å²) in [7, 11) is -2.06. The van der Waals surface area contributed by atoms with Gasteiger partial charge in [-0.3, -0.25) is 4.79 Å². The Morgan fingerprint density at radius 1 is 1.06 bits per heavy atom. The minimum absolute atomic E-state index is 0.101. The molecule has 0 saturated heterocycles.